The standard InChI is InChI=1S/C22H24N2O2/c1-22(2,3)26-21(25)24-19(15-16-9-5-4-6-10-16)20-18-12-8-7-11-17(18)13-14-23-20/h4-14,19H,15H2,1-3H3,(H,24,25)/t19-/m1/s1. The molecule has 1 atom stereocenters. The molecular formula is C22H24N2O2. The highest BCUT2D eigenvalue weighted by Gasteiger charge is 2.23. The summed E-state index contributed by atoms with van der Waals surface area (Å²) in [6, 6.07) is 19.8. The highest BCUT2D eigenvalue weighted by molar-refractivity contribution is 5.85. The summed E-state index contributed by atoms with van der Waals surface area (Å²) in [5.41, 5.74) is 1.43. The largest absolute Gasteiger partial charge is 0.444 e. The number of carbonyl (C=O) groups excluding carboxylic acids is 1. The number of hydrogen-bond donors (Lipinski definition) is 1. The Morgan fingerprint density at radius 2 is 1.73 bits per heavy atom. The van der Waals surface area contributed by atoms with Crippen molar-refractivity contribution in [2.24, 2.45) is 0 Å². The van der Waals surface area contributed by atoms with Gasteiger partial charge in [0.2, 0.25) is 0 Å². The van der Waals surface area contributed by atoms with Crippen LogP contribution in [0.2, 0.25) is 0 Å². The molecule has 0 unspecified atom stereocenters. The highest BCUT2D eigenvalue weighted by Crippen LogP contribution is 2.25. The summed E-state index contributed by atoms with van der Waals surface area (Å²) in [5.74, 6) is 0. The maximum atomic E-state index is 12.4. The first-order valence-corrected chi connectivity index (χ1v) is 8.79. The third-order valence-electron chi connectivity index (χ3n) is 4.01. The quantitative estimate of drug-likeness (QED) is 0.718. The second-order valence-electron chi connectivity index (χ2n) is 7.31. The molecule has 0 saturated carbocycles. The summed E-state index contributed by atoms with van der Waals surface area (Å²) in [4.78, 5) is 17.0. The van der Waals surface area contributed by atoms with E-state index in [1.54, 1.807) is 6.20 Å². The average Bonchev–Trinajstić information content (AvgIpc) is 2.60. The molecule has 0 spiro atoms. The summed E-state index contributed by atoms with van der Waals surface area (Å²) >= 11 is 0. The minimum absolute atomic E-state index is 0.279. The zero-order valence-electron chi connectivity index (χ0n) is 15.4. The van der Waals surface area contributed by atoms with E-state index >= 15 is 0 Å². The number of alkyl carbamates (subject to hydrolysis) is 1. The first-order chi connectivity index (χ1) is 12.4. The summed E-state index contributed by atoms with van der Waals surface area (Å²) in [5, 5.41) is 5.14. The molecule has 0 aliphatic rings. The van der Waals surface area contributed by atoms with Crippen molar-refractivity contribution in [1.82, 2.24) is 10.3 Å². The Bertz CT molecular complexity index is 880. The van der Waals surface area contributed by atoms with Crippen molar-refractivity contribution in [3.63, 3.8) is 0 Å². The zero-order chi connectivity index (χ0) is 18.6. The fraction of sp³-hybridized carbons (Fsp3) is 0.273. The second kappa shape index (κ2) is 7.56. The number of pyridine rings is 1. The van der Waals surface area contributed by atoms with Crippen molar-refractivity contribution >= 4 is 16.9 Å². The molecule has 2 aromatic carbocycles. The van der Waals surface area contributed by atoms with E-state index in [9.17, 15) is 4.79 Å². The van der Waals surface area contributed by atoms with Crippen molar-refractivity contribution < 1.29 is 9.53 Å². The van der Waals surface area contributed by atoms with E-state index in [1.807, 2.05) is 69.3 Å². The SMILES string of the molecule is CC(C)(C)OC(=O)N[C@H](Cc1ccccc1)c1nccc2ccccc12. The van der Waals surface area contributed by atoms with E-state index in [0.717, 1.165) is 22.0 Å². The van der Waals surface area contributed by atoms with E-state index in [2.05, 4.69) is 22.4 Å². The van der Waals surface area contributed by atoms with Gasteiger partial charge < -0.3 is 10.1 Å². The Morgan fingerprint density at radius 1 is 1.04 bits per heavy atom. The number of fused-ring (bicyclic) bond motifs is 1. The molecule has 26 heavy (non-hydrogen) atoms. The fourth-order valence-electron chi connectivity index (χ4n) is 2.94. The lowest BCUT2D eigenvalue weighted by atomic mass is 9.99. The van der Waals surface area contributed by atoms with Crippen molar-refractivity contribution in [3.05, 3.63) is 78.1 Å². The van der Waals surface area contributed by atoms with E-state index < -0.39 is 11.7 Å². The summed E-state index contributed by atoms with van der Waals surface area (Å²) in [6.45, 7) is 5.57. The minimum Gasteiger partial charge on any atom is -0.444 e. The van der Waals surface area contributed by atoms with Gasteiger partial charge in [-0.3, -0.25) is 4.98 Å². The topological polar surface area (TPSA) is 51.2 Å². The molecule has 134 valence electrons. The van der Waals surface area contributed by atoms with E-state index in [4.69, 9.17) is 4.74 Å². The molecule has 0 fully saturated rings. The van der Waals surface area contributed by atoms with Gasteiger partial charge in [0.05, 0.1) is 11.7 Å². The van der Waals surface area contributed by atoms with E-state index in [-0.39, 0.29) is 6.04 Å². The molecule has 1 aromatic heterocycles. The molecule has 3 aromatic rings. The maximum Gasteiger partial charge on any atom is 0.408 e. The van der Waals surface area contributed by atoms with Crippen LogP contribution in [0.5, 0.6) is 0 Å². The van der Waals surface area contributed by atoms with Gasteiger partial charge in [-0.2, -0.15) is 0 Å². The molecular weight excluding hydrogens is 324 g/mol. The minimum atomic E-state index is -0.548. The number of ether oxygens (including phenoxy) is 1. The number of aromatic nitrogens is 1. The van der Waals surface area contributed by atoms with Crippen molar-refractivity contribution in [3.8, 4) is 0 Å². The molecule has 1 heterocycles. The molecule has 4 nitrogen and oxygen atoms in total. The molecule has 0 bridgehead atoms. The van der Waals surface area contributed by atoms with Crippen LogP contribution in [0.15, 0.2) is 66.9 Å². The molecule has 1 N–H and O–H groups in total. The molecule has 0 aliphatic heterocycles. The summed E-state index contributed by atoms with van der Waals surface area (Å²) in [6.07, 6.45) is 1.99. The van der Waals surface area contributed by atoms with Crippen LogP contribution in [0, 0.1) is 0 Å². The fourth-order valence-corrected chi connectivity index (χ4v) is 2.94. The Labute approximate surface area is 154 Å². The van der Waals surface area contributed by atoms with Crippen LogP contribution >= 0.6 is 0 Å². The Hall–Kier alpha value is -2.88. The predicted octanol–water partition coefficient (Wildman–Crippen LogP) is 5.04. The molecule has 1 amide bonds. The van der Waals surface area contributed by atoms with Gasteiger partial charge >= 0.3 is 6.09 Å². The normalized spacial score (nSPS) is 12.6. The van der Waals surface area contributed by atoms with Gasteiger partial charge in [0.1, 0.15) is 5.60 Å². The van der Waals surface area contributed by atoms with Gasteiger partial charge in [0.25, 0.3) is 0 Å². The predicted molar refractivity (Wildman–Crippen MR) is 104 cm³/mol. The number of hydrogen-bond acceptors (Lipinski definition) is 3. The summed E-state index contributed by atoms with van der Waals surface area (Å²) < 4.78 is 5.46. The van der Waals surface area contributed by atoms with E-state index in [1.165, 1.54) is 0 Å². The molecule has 0 saturated heterocycles. The first-order valence-electron chi connectivity index (χ1n) is 8.79. The van der Waals surface area contributed by atoms with Gasteiger partial charge in [-0.1, -0.05) is 54.6 Å². The van der Waals surface area contributed by atoms with Crippen LogP contribution in [0.25, 0.3) is 10.8 Å². The smallest absolute Gasteiger partial charge is 0.408 e. The number of nitrogens with zero attached hydrogens (tertiary/aromatic N) is 1. The lowest BCUT2D eigenvalue weighted by Gasteiger charge is -2.24. The van der Waals surface area contributed by atoms with Crippen LogP contribution in [0.1, 0.15) is 38.1 Å². The van der Waals surface area contributed by atoms with Gasteiger partial charge in [0, 0.05) is 11.6 Å². The number of amides is 1. The van der Waals surface area contributed by atoms with Crippen LogP contribution in [0.4, 0.5) is 4.79 Å². The van der Waals surface area contributed by atoms with Gasteiger partial charge in [-0.15, -0.1) is 0 Å². The lowest BCUT2D eigenvalue weighted by Crippen LogP contribution is -2.36. The second-order valence-corrected chi connectivity index (χ2v) is 7.31. The van der Waals surface area contributed by atoms with Crippen LogP contribution in [-0.2, 0) is 11.2 Å². The summed E-state index contributed by atoms with van der Waals surface area (Å²) in [7, 11) is 0. The molecule has 0 aliphatic carbocycles. The van der Waals surface area contributed by atoms with Crippen LogP contribution < -0.4 is 5.32 Å². The highest BCUT2D eigenvalue weighted by atomic mass is 16.6. The monoisotopic (exact) mass is 348 g/mol. The number of benzene rings is 2. The van der Waals surface area contributed by atoms with Crippen molar-refractivity contribution in [2.75, 3.05) is 0 Å². The van der Waals surface area contributed by atoms with Crippen LogP contribution in [0.3, 0.4) is 0 Å². The third kappa shape index (κ3) is 4.60. The molecule has 0 radical (unpaired) electrons. The van der Waals surface area contributed by atoms with Crippen molar-refractivity contribution in [2.45, 2.75) is 38.8 Å². The molecule has 3 rings (SSSR count). The Kier molecular flexibility index (Phi) is 5.21. The van der Waals surface area contributed by atoms with Crippen LogP contribution in [-0.4, -0.2) is 16.7 Å². The number of rotatable bonds is 4. The van der Waals surface area contributed by atoms with E-state index in [0.29, 0.717) is 6.42 Å². The van der Waals surface area contributed by atoms with Crippen molar-refractivity contribution in [1.29, 1.82) is 0 Å². The van der Waals surface area contributed by atoms with Gasteiger partial charge in [-0.05, 0) is 44.2 Å². The maximum absolute atomic E-state index is 12.4. The first kappa shape index (κ1) is 17.9. The third-order valence-corrected chi connectivity index (χ3v) is 4.01. The molecule has 4 heteroatoms. The lowest BCUT2D eigenvalue weighted by molar-refractivity contribution is 0.0502. The average molecular weight is 348 g/mol. The van der Waals surface area contributed by atoms with Gasteiger partial charge in [-0.25, -0.2) is 4.79 Å². The zero-order valence-corrected chi connectivity index (χ0v) is 15.4. The number of carbonyl (C=O) groups is 1. The Morgan fingerprint density at radius 3 is 2.46 bits per heavy atom. The van der Waals surface area contributed by atoms with Gasteiger partial charge in [0.15, 0.2) is 0 Å². The number of nitrogens with one attached hydrogen (secondary N) is 1. The Balaban J connectivity index is 1.95.